The number of rotatable bonds is 17. The van der Waals surface area contributed by atoms with E-state index in [1.807, 2.05) is 76.1 Å². The Morgan fingerprint density at radius 2 is 1.18 bits per heavy atom. The van der Waals surface area contributed by atoms with Crippen LogP contribution >= 0.6 is 0 Å². The summed E-state index contributed by atoms with van der Waals surface area (Å²) >= 11 is 0. The molecule has 474 valence electrons. The van der Waals surface area contributed by atoms with Gasteiger partial charge in [0.2, 0.25) is 0 Å². The normalized spacial score (nSPS) is 15.8. The second kappa shape index (κ2) is 46.7. The zero-order valence-corrected chi connectivity index (χ0v) is 51.5. The lowest BCUT2D eigenvalue weighted by atomic mass is 10.2. The first kappa shape index (κ1) is 75.4. The molecule has 4 aromatic heterocycles. The fraction of sp³-hybridized carbons (Fsp3) is 0.706. The Morgan fingerprint density at radius 3 is 1.52 bits per heavy atom. The van der Waals surface area contributed by atoms with E-state index in [-0.39, 0.29) is 45.5 Å². The molecule has 0 bridgehead atoms. The fourth-order valence-corrected chi connectivity index (χ4v) is 6.76. The SMILES string of the molecule is C1CNNN1.CC1CN(C)NN1.CCN(C)CCO.CCN(C)CCO.CCc1cn(CC(CO)CO)nn1.CN1CCNN1.Cc1cn(-c2ccc(N3CCN(C)CC3)cc2)nn1.Cc1cn(CC(=O)O)nn1.Cc1cn(CCO)nn1. The first-order chi connectivity index (χ1) is 39.8. The number of hydrogen-bond donors (Lipinski definition) is 13. The molecule has 13 N–H and O–H groups in total. The van der Waals surface area contributed by atoms with Crippen molar-refractivity contribution in [2.75, 3.05) is 158 Å². The Bertz CT molecular complexity index is 2250. The largest absolute Gasteiger partial charge is 0.480 e. The van der Waals surface area contributed by atoms with Crippen LogP contribution in [0.3, 0.4) is 0 Å². The minimum atomic E-state index is -0.912. The smallest absolute Gasteiger partial charge is 0.325 e. The molecular formula is C51H103N25O7. The number of aliphatic carboxylic acids is 1. The summed E-state index contributed by atoms with van der Waals surface area (Å²) in [5, 5.41) is 85.5. The molecular weight excluding hydrogens is 1070 g/mol. The number of hydrogen-bond acceptors (Lipinski definition) is 27. The van der Waals surface area contributed by atoms with Crippen molar-refractivity contribution < 1.29 is 35.4 Å². The molecule has 1 unspecified atom stereocenters. The third-order valence-electron chi connectivity index (χ3n) is 11.9. The molecule has 4 aliphatic heterocycles. The third kappa shape index (κ3) is 37.3. The Balaban J connectivity index is 0.000000483. The highest BCUT2D eigenvalue weighted by molar-refractivity contribution is 5.66. The van der Waals surface area contributed by atoms with Gasteiger partial charge in [-0.05, 0) is 92.6 Å². The number of hydrazine groups is 6. The molecule has 4 fully saturated rings. The molecule has 4 saturated heterocycles. The third-order valence-corrected chi connectivity index (χ3v) is 11.9. The molecule has 0 radical (unpaired) electrons. The number of nitrogens with zero attached hydrogens (tertiary/aromatic N) is 18. The van der Waals surface area contributed by atoms with Crippen molar-refractivity contribution in [1.29, 1.82) is 0 Å². The van der Waals surface area contributed by atoms with E-state index in [4.69, 9.17) is 30.6 Å². The van der Waals surface area contributed by atoms with Gasteiger partial charge in [0, 0.05) is 142 Å². The molecule has 83 heavy (non-hydrogen) atoms. The maximum absolute atomic E-state index is 10.1. The van der Waals surface area contributed by atoms with Gasteiger partial charge in [0.05, 0.1) is 61.0 Å². The number of carboxylic acids is 1. The molecule has 32 nitrogen and oxygen atoms in total. The van der Waals surface area contributed by atoms with Crippen LogP contribution in [0.2, 0.25) is 0 Å². The second-order valence-corrected chi connectivity index (χ2v) is 19.6. The van der Waals surface area contributed by atoms with Crippen molar-refractivity contribution in [3.63, 3.8) is 0 Å². The summed E-state index contributed by atoms with van der Waals surface area (Å²) in [5.41, 5.74) is 26.1. The Morgan fingerprint density at radius 1 is 0.639 bits per heavy atom. The average molecular weight is 1180 g/mol. The van der Waals surface area contributed by atoms with E-state index in [2.05, 4.69) is 151 Å². The first-order valence-electron chi connectivity index (χ1n) is 28.1. The minimum Gasteiger partial charge on any atom is -0.480 e. The number of likely N-dealkylation sites (N-methyl/N-ethyl adjacent to an activating group) is 5. The van der Waals surface area contributed by atoms with Gasteiger partial charge in [0.25, 0.3) is 0 Å². The van der Waals surface area contributed by atoms with Crippen LogP contribution in [0, 0.1) is 26.7 Å². The molecule has 0 aliphatic carbocycles. The molecule has 0 spiro atoms. The van der Waals surface area contributed by atoms with Crippen LogP contribution in [-0.4, -0.2) is 281 Å². The van der Waals surface area contributed by atoms with Gasteiger partial charge in [0.15, 0.2) is 0 Å². The number of aliphatic hydroxyl groups is 5. The summed E-state index contributed by atoms with van der Waals surface area (Å²) in [6.07, 6.45) is 7.98. The lowest BCUT2D eigenvalue weighted by Gasteiger charge is -2.34. The second-order valence-electron chi connectivity index (χ2n) is 19.6. The van der Waals surface area contributed by atoms with Crippen molar-refractivity contribution in [3.8, 4) is 5.69 Å². The fourth-order valence-electron chi connectivity index (χ4n) is 6.76. The monoisotopic (exact) mass is 1180 g/mol. The topological polar surface area (TPSA) is 365 Å². The number of aliphatic hydroxyl groups excluding tert-OH is 5. The van der Waals surface area contributed by atoms with Gasteiger partial charge >= 0.3 is 5.97 Å². The average Bonchev–Trinajstić information content (AvgIpc) is 4.44. The quantitative estimate of drug-likeness (QED) is 0.0435. The molecule has 32 heteroatoms. The van der Waals surface area contributed by atoms with Crippen LogP contribution < -0.4 is 43.2 Å². The Labute approximate surface area is 491 Å². The molecule has 5 aromatic rings. The maximum atomic E-state index is 10.1. The Hall–Kier alpha value is -5.63. The van der Waals surface area contributed by atoms with Crippen molar-refractivity contribution in [1.82, 2.24) is 123 Å². The van der Waals surface area contributed by atoms with Gasteiger partial charge in [-0.15, -0.1) is 20.4 Å². The first-order valence-corrected chi connectivity index (χ1v) is 28.1. The highest BCUT2D eigenvalue weighted by Crippen LogP contribution is 2.18. The van der Waals surface area contributed by atoms with E-state index in [1.165, 1.54) is 10.4 Å². The summed E-state index contributed by atoms with van der Waals surface area (Å²) in [6, 6.07) is 9.11. The number of benzene rings is 1. The van der Waals surface area contributed by atoms with Gasteiger partial charge in [-0.3, -0.25) is 9.48 Å². The number of anilines is 1. The van der Waals surface area contributed by atoms with Gasteiger partial charge in [-0.1, -0.05) is 41.6 Å². The molecule has 1 aromatic carbocycles. The number of aryl methyl sites for hydroxylation is 4. The number of carboxylic acid groups (broad SMARTS) is 1. The number of aromatic nitrogens is 12. The van der Waals surface area contributed by atoms with Gasteiger partial charge in [-0.25, -0.2) is 45.8 Å². The van der Waals surface area contributed by atoms with Crippen molar-refractivity contribution in [3.05, 3.63) is 71.8 Å². The molecule has 9 rings (SSSR count). The molecule has 0 amide bonds. The van der Waals surface area contributed by atoms with E-state index < -0.39 is 5.97 Å². The van der Waals surface area contributed by atoms with Crippen molar-refractivity contribution in [2.24, 2.45) is 5.92 Å². The van der Waals surface area contributed by atoms with E-state index in [0.29, 0.717) is 19.1 Å². The zero-order chi connectivity index (χ0) is 61.8. The van der Waals surface area contributed by atoms with E-state index in [0.717, 1.165) is 120 Å². The standard InChI is InChI=1S/C14H19N5.C8H15N3O2.C5H7N3O2.C5H9N3O.2C5H13NO.C4H11N3.C3H9N3.C2H7N3/c1-12-11-19(16-15-12)14-5-3-13(4-6-14)18-9-7-17(2)8-10-18;1-2-8-4-11(10-9-8)3-7(5-12)6-13;1-4-2-8(7-6-4)3-5(9)10;1-5-4-8(2-3-9)7-6-5;2*1-3-6(2)4-5-7;1-4-3-7(2)6-5-4;1-6-3-2-4-5-6;1-2-4-5-3-1/h3-6,11H,7-10H2,1-2H3;4,7,12-13H,2-3,5-6H2,1H3;2H,3H2,1H3,(H,9,10);4,9H,2-3H2,1H3;2*7H,3-5H2,1-2H3;4-6H,3H2,1-2H3;4-5H,2-3H2,1H3;3-5H,1-2H2. The van der Waals surface area contributed by atoms with E-state index >= 15 is 0 Å². The lowest BCUT2D eigenvalue weighted by Crippen LogP contribution is -2.44. The van der Waals surface area contributed by atoms with Crippen molar-refractivity contribution >= 4 is 11.7 Å². The molecule has 0 saturated carbocycles. The zero-order valence-electron chi connectivity index (χ0n) is 51.5. The summed E-state index contributed by atoms with van der Waals surface area (Å²) in [6.45, 7) is 28.7. The highest BCUT2D eigenvalue weighted by Gasteiger charge is 2.15. The molecule has 1 atom stereocenters. The Kier molecular flexibility index (Phi) is 42.4. The van der Waals surface area contributed by atoms with Crippen molar-refractivity contribution in [2.45, 2.75) is 80.6 Å². The predicted octanol–water partition coefficient (Wildman–Crippen LogP) is -3.25. The summed E-state index contributed by atoms with van der Waals surface area (Å²) in [7, 11) is 10.1. The van der Waals surface area contributed by atoms with Crippen LogP contribution in [0.1, 0.15) is 50.5 Å². The van der Waals surface area contributed by atoms with Crippen LogP contribution in [0.4, 0.5) is 5.69 Å². The number of nitrogens with one attached hydrogen (secondary N) is 7. The predicted molar refractivity (Wildman–Crippen MR) is 319 cm³/mol. The molecule has 8 heterocycles. The molecule has 4 aliphatic rings. The van der Waals surface area contributed by atoms with E-state index in [1.54, 1.807) is 28.7 Å². The van der Waals surface area contributed by atoms with Crippen LogP contribution in [0.25, 0.3) is 5.69 Å². The van der Waals surface area contributed by atoms with E-state index in [9.17, 15) is 4.79 Å². The summed E-state index contributed by atoms with van der Waals surface area (Å²) in [4.78, 5) is 19.0. The van der Waals surface area contributed by atoms with Crippen LogP contribution in [-0.2, 0) is 30.8 Å². The van der Waals surface area contributed by atoms with Crippen LogP contribution in [0.5, 0.6) is 0 Å². The lowest BCUT2D eigenvalue weighted by molar-refractivity contribution is -0.137. The summed E-state index contributed by atoms with van der Waals surface area (Å²) < 4.78 is 6.34. The maximum Gasteiger partial charge on any atom is 0.325 e. The van der Waals surface area contributed by atoms with Gasteiger partial charge in [-0.2, -0.15) is 16.6 Å². The minimum absolute atomic E-state index is 0.0299. The van der Waals surface area contributed by atoms with Crippen LogP contribution in [0.15, 0.2) is 49.1 Å². The highest BCUT2D eigenvalue weighted by atomic mass is 16.4. The number of piperazine rings is 1. The van der Waals surface area contributed by atoms with Gasteiger partial charge in [0.1, 0.15) is 6.54 Å². The summed E-state index contributed by atoms with van der Waals surface area (Å²) in [5.74, 6) is -1.06. The van der Waals surface area contributed by atoms with Gasteiger partial charge < -0.3 is 50.2 Å². The number of carbonyl (C=O) groups is 1.